The summed E-state index contributed by atoms with van der Waals surface area (Å²) in [7, 11) is -2.19. The lowest BCUT2D eigenvalue weighted by Crippen LogP contribution is -2.18. The fourth-order valence-corrected chi connectivity index (χ4v) is 5.34. The molecule has 0 atom stereocenters. The Bertz CT molecular complexity index is 1620. The van der Waals surface area contributed by atoms with Crippen LogP contribution in [-0.4, -0.2) is 38.6 Å². The molecule has 0 spiro atoms. The van der Waals surface area contributed by atoms with E-state index in [9.17, 15) is 18.0 Å². The lowest BCUT2D eigenvalue weighted by atomic mass is 9.86. The molecular weight excluding hydrogens is 524 g/mol. The van der Waals surface area contributed by atoms with Gasteiger partial charge >= 0.3 is 0 Å². The molecular formula is C27H28N4O5S2. The second-order valence-electron chi connectivity index (χ2n) is 9.71. The number of thiophene rings is 1. The molecule has 2 aromatic carbocycles. The highest BCUT2D eigenvalue weighted by Crippen LogP contribution is 2.40. The van der Waals surface area contributed by atoms with Crippen LogP contribution < -0.4 is 20.1 Å². The van der Waals surface area contributed by atoms with E-state index in [0.29, 0.717) is 21.8 Å². The van der Waals surface area contributed by atoms with E-state index in [4.69, 9.17) is 4.74 Å². The van der Waals surface area contributed by atoms with Crippen molar-refractivity contribution in [1.29, 1.82) is 0 Å². The number of aromatic nitrogens is 1. The summed E-state index contributed by atoms with van der Waals surface area (Å²) in [4.78, 5) is 30.4. The zero-order valence-electron chi connectivity index (χ0n) is 21.6. The number of amides is 2. The van der Waals surface area contributed by atoms with Crippen molar-refractivity contribution in [3.63, 3.8) is 0 Å². The number of benzene rings is 2. The third-order valence-electron chi connectivity index (χ3n) is 5.66. The van der Waals surface area contributed by atoms with Crippen LogP contribution in [0.1, 0.15) is 46.4 Å². The van der Waals surface area contributed by atoms with Gasteiger partial charge in [0.15, 0.2) is 5.75 Å². The third kappa shape index (κ3) is 6.12. The molecule has 0 saturated carbocycles. The van der Waals surface area contributed by atoms with Crippen LogP contribution in [-0.2, 0) is 15.4 Å². The minimum Gasteiger partial charge on any atom is -0.492 e. The van der Waals surface area contributed by atoms with Gasteiger partial charge < -0.3 is 15.4 Å². The maximum Gasteiger partial charge on any atom is 0.265 e. The lowest BCUT2D eigenvalue weighted by Gasteiger charge is -2.23. The number of hydrogen-bond acceptors (Lipinski definition) is 7. The number of fused-ring (bicyclic) bond motifs is 1. The van der Waals surface area contributed by atoms with Gasteiger partial charge in [0.2, 0.25) is 10.0 Å². The molecule has 0 aliphatic carbocycles. The van der Waals surface area contributed by atoms with Crippen molar-refractivity contribution < 1.29 is 22.7 Å². The van der Waals surface area contributed by atoms with Crippen LogP contribution in [0.25, 0.3) is 10.1 Å². The molecule has 2 amide bonds. The Morgan fingerprint density at radius 2 is 1.66 bits per heavy atom. The van der Waals surface area contributed by atoms with Gasteiger partial charge in [-0.2, -0.15) is 0 Å². The Balaban J connectivity index is 1.68. The maximum atomic E-state index is 13.4. The first-order valence-electron chi connectivity index (χ1n) is 11.6. The molecule has 198 valence electrons. The topological polar surface area (TPSA) is 126 Å². The summed E-state index contributed by atoms with van der Waals surface area (Å²) in [5, 5.41) is 6.48. The van der Waals surface area contributed by atoms with Crippen molar-refractivity contribution in [1.82, 2.24) is 4.98 Å². The Kier molecular flexibility index (Phi) is 7.43. The number of rotatable bonds is 7. The largest absolute Gasteiger partial charge is 0.492 e. The minimum atomic E-state index is -3.60. The standard InChI is InChI=1S/C27H28N4O5S2/c1-27(2,3)17-12-20(24(36-4)21(13-17)31-38(5,34)35)30-26(33)23-14-18-19(9-6-10-22(18)37-23)29-25(32)16-8-7-11-28-15-16/h6-15,31H,1-5H3,(H,29,32)(H,30,33). The van der Waals surface area contributed by atoms with Gasteiger partial charge in [0.1, 0.15) is 0 Å². The van der Waals surface area contributed by atoms with E-state index in [1.54, 1.807) is 48.7 Å². The molecule has 0 aliphatic heterocycles. The Morgan fingerprint density at radius 3 is 2.29 bits per heavy atom. The lowest BCUT2D eigenvalue weighted by molar-refractivity contribution is 0.102. The zero-order valence-corrected chi connectivity index (χ0v) is 23.2. The third-order valence-corrected chi connectivity index (χ3v) is 7.35. The summed E-state index contributed by atoms with van der Waals surface area (Å²) in [6.45, 7) is 5.95. The highest BCUT2D eigenvalue weighted by Gasteiger charge is 2.23. The van der Waals surface area contributed by atoms with E-state index >= 15 is 0 Å². The second kappa shape index (κ2) is 10.4. The highest BCUT2D eigenvalue weighted by molar-refractivity contribution is 7.92. The molecule has 3 N–H and O–H groups in total. The van der Waals surface area contributed by atoms with Gasteiger partial charge in [-0.1, -0.05) is 26.8 Å². The predicted molar refractivity (Wildman–Crippen MR) is 152 cm³/mol. The Hall–Kier alpha value is -3.96. The number of anilines is 3. The summed E-state index contributed by atoms with van der Waals surface area (Å²) < 4.78 is 32.8. The summed E-state index contributed by atoms with van der Waals surface area (Å²) in [6, 6.07) is 14.0. The molecule has 0 unspecified atom stereocenters. The molecule has 4 aromatic rings. The summed E-state index contributed by atoms with van der Waals surface area (Å²) in [5.41, 5.74) is 2.02. The molecule has 0 fully saturated rings. The molecule has 2 aromatic heterocycles. The SMILES string of the molecule is COc1c(NC(=O)c2cc3c(NC(=O)c4cccnc4)cccc3s2)cc(C(C)(C)C)cc1NS(C)(=O)=O. The molecule has 4 rings (SSSR count). The van der Waals surface area contributed by atoms with E-state index in [-0.39, 0.29) is 22.8 Å². The van der Waals surface area contributed by atoms with Crippen LogP contribution in [0.2, 0.25) is 0 Å². The van der Waals surface area contributed by atoms with E-state index in [0.717, 1.165) is 21.9 Å². The molecule has 0 bridgehead atoms. The van der Waals surface area contributed by atoms with Crippen molar-refractivity contribution in [3.05, 3.63) is 76.9 Å². The van der Waals surface area contributed by atoms with Gasteiger partial charge in [0.05, 0.1) is 35.2 Å². The van der Waals surface area contributed by atoms with E-state index < -0.39 is 15.9 Å². The van der Waals surface area contributed by atoms with Crippen LogP contribution in [0.15, 0.2) is 60.9 Å². The number of pyridine rings is 1. The van der Waals surface area contributed by atoms with Gasteiger partial charge in [-0.15, -0.1) is 11.3 Å². The molecule has 0 radical (unpaired) electrons. The quantitative estimate of drug-likeness (QED) is 0.279. The number of nitrogens with zero attached hydrogens (tertiary/aromatic N) is 1. The van der Waals surface area contributed by atoms with Crippen LogP contribution >= 0.6 is 11.3 Å². The second-order valence-corrected chi connectivity index (χ2v) is 12.5. The van der Waals surface area contributed by atoms with Crippen LogP contribution in [0, 0.1) is 0 Å². The number of carbonyl (C=O) groups excluding carboxylic acids is 2. The first-order chi connectivity index (χ1) is 17.9. The fraction of sp³-hybridized carbons (Fsp3) is 0.222. The monoisotopic (exact) mass is 552 g/mol. The molecule has 38 heavy (non-hydrogen) atoms. The highest BCUT2D eigenvalue weighted by atomic mass is 32.2. The van der Waals surface area contributed by atoms with Crippen molar-refractivity contribution in [2.45, 2.75) is 26.2 Å². The van der Waals surface area contributed by atoms with Crippen molar-refractivity contribution in [2.75, 3.05) is 28.7 Å². The first-order valence-corrected chi connectivity index (χ1v) is 14.3. The maximum absolute atomic E-state index is 13.4. The van der Waals surface area contributed by atoms with Gasteiger partial charge in [-0.05, 0) is 53.4 Å². The summed E-state index contributed by atoms with van der Waals surface area (Å²) >= 11 is 1.27. The molecule has 2 heterocycles. The summed E-state index contributed by atoms with van der Waals surface area (Å²) in [5.74, 6) is -0.509. The van der Waals surface area contributed by atoms with Crippen LogP contribution in [0.3, 0.4) is 0 Å². The summed E-state index contributed by atoms with van der Waals surface area (Å²) in [6.07, 6.45) is 4.12. The number of ether oxygens (including phenoxy) is 1. The van der Waals surface area contributed by atoms with Crippen LogP contribution in [0.5, 0.6) is 5.75 Å². The van der Waals surface area contributed by atoms with E-state index in [1.807, 2.05) is 26.8 Å². The fourth-order valence-electron chi connectivity index (χ4n) is 3.81. The minimum absolute atomic E-state index is 0.197. The van der Waals surface area contributed by atoms with Gasteiger partial charge in [-0.3, -0.25) is 19.3 Å². The Morgan fingerprint density at radius 1 is 0.947 bits per heavy atom. The van der Waals surface area contributed by atoms with Crippen molar-refractivity contribution in [3.8, 4) is 5.75 Å². The average molecular weight is 553 g/mol. The first kappa shape index (κ1) is 27.1. The number of methoxy groups -OCH3 is 1. The van der Waals surface area contributed by atoms with Gasteiger partial charge in [0, 0.05) is 28.2 Å². The molecule has 0 saturated heterocycles. The molecule has 11 heteroatoms. The zero-order chi connectivity index (χ0) is 27.7. The smallest absolute Gasteiger partial charge is 0.265 e. The number of nitrogens with one attached hydrogen (secondary N) is 3. The molecule has 9 nitrogen and oxygen atoms in total. The van der Waals surface area contributed by atoms with Crippen molar-refractivity contribution >= 4 is 60.3 Å². The Labute approximate surface area is 225 Å². The number of sulfonamides is 1. The van der Waals surface area contributed by atoms with Crippen LogP contribution in [0.4, 0.5) is 17.1 Å². The normalized spacial score (nSPS) is 11.7. The van der Waals surface area contributed by atoms with Crippen molar-refractivity contribution in [2.24, 2.45) is 0 Å². The van der Waals surface area contributed by atoms with E-state index in [1.165, 1.54) is 24.6 Å². The number of hydrogen-bond donors (Lipinski definition) is 3. The average Bonchev–Trinajstić information content (AvgIpc) is 3.28. The molecule has 0 aliphatic rings. The number of carbonyl (C=O) groups is 2. The predicted octanol–water partition coefficient (Wildman–Crippen LogP) is 5.48. The van der Waals surface area contributed by atoms with E-state index in [2.05, 4.69) is 20.3 Å². The van der Waals surface area contributed by atoms with Gasteiger partial charge in [0.25, 0.3) is 11.8 Å². The van der Waals surface area contributed by atoms with Gasteiger partial charge in [-0.25, -0.2) is 8.42 Å².